The van der Waals surface area contributed by atoms with E-state index in [-0.39, 0.29) is 0 Å². The molecule has 100 valence electrons. The highest BCUT2D eigenvalue weighted by Crippen LogP contribution is 2.42. The molecule has 0 aliphatic heterocycles. The van der Waals surface area contributed by atoms with Gasteiger partial charge in [-0.25, -0.2) is 0 Å². The van der Waals surface area contributed by atoms with Crippen LogP contribution >= 0.6 is 31.9 Å². The van der Waals surface area contributed by atoms with Crippen molar-refractivity contribution >= 4 is 31.9 Å². The molecule has 0 radical (unpaired) electrons. The molecule has 0 unspecified atom stereocenters. The van der Waals surface area contributed by atoms with Crippen LogP contribution in [0.5, 0.6) is 0 Å². The maximum atomic E-state index is 3.72. The molecule has 2 aromatic carbocycles. The molecule has 0 saturated heterocycles. The third-order valence-corrected chi connectivity index (χ3v) is 5.45. The van der Waals surface area contributed by atoms with Crippen LogP contribution < -0.4 is 0 Å². The van der Waals surface area contributed by atoms with Crippen molar-refractivity contribution in [3.63, 3.8) is 0 Å². The molecule has 0 atom stereocenters. The van der Waals surface area contributed by atoms with Gasteiger partial charge in [0.25, 0.3) is 0 Å². The molecule has 3 aromatic rings. The first-order chi connectivity index (χ1) is 9.70. The molecule has 3 heteroatoms. The summed E-state index contributed by atoms with van der Waals surface area (Å²) in [6, 6.07) is 20.8. The number of nitrogens with zero attached hydrogens (tertiary/aromatic N) is 1. The fraction of sp³-hybridized carbons (Fsp3) is 0.0588. The molecule has 0 spiro atoms. The van der Waals surface area contributed by atoms with Crippen molar-refractivity contribution in [1.82, 2.24) is 4.57 Å². The average molecular weight is 391 g/mol. The lowest BCUT2D eigenvalue weighted by atomic mass is 10.1. The quantitative estimate of drug-likeness (QED) is 0.514. The molecule has 0 aliphatic carbocycles. The topological polar surface area (TPSA) is 4.93 Å². The molecule has 0 bridgehead atoms. The van der Waals surface area contributed by atoms with Crippen molar-refractivity contribution < 1.29 is 0 Å². The molecule has 1 heterocycles. The van der Waals surface area contributed by atoms with Crippen LogP contribution in [0.1, 0.15) is 0 Å². The summed E-state index contributed by atoms with van der Waals surface area (Å²) in [7, 11) is 2.10. The summed E-state index contributed by atoms with van der Waals surface area (Å²) < 4.78 is 4.40. The Bertz CT molecular complexity index is 668. The maximum Gasteiger partial charge on any atom is 0.0638 e. The van der Waals surface area contributed by atoms with Crippen LogP contribution in [0.4, 0.5) is 0 Å². The number of aromatic nitrogens is 1. The molecule has 1 aromatic heterocycles. The van der Waals surface area contributed by atoms with Crippen molar-refractivity contribution in [3.8, 4) is 22.5 Å². The van der Waals surface area contributed by atoms with E-state index in [4.69, 9.17) is 0 Å². The number of benzene rings is 2. The predicted octanol–water partition coefficient (Wildman–Crippen LogP) is 5.88. The Balaban J connectivity index is 2.25. The molecule has 1 nitrogen and oxygen atoms in total. The Labute approximate surface area is 135 Å². The van der Waals surface area contributed by atoms with E-state index in [1.54, 1.807) is 0 Å². The van der Waals surface area contributed by atoms with Crippen molar-refractivity contribution in [2.45, 2.75) is 0 Å². The van der Waals surface area contributed by atoms with E-state index >= 15 is 0 Å². The van der Waals surface area contributed by atoms with E-state index in [0.29, 0.717) is 0 Å². The zero-order valence-electron chi connectivity index (χ0n) is 11.0. The van der Waals surface area contributed by atoms with Gasteiger partial charge in [-0.05, 0) is 43.0 Å². The van der Waals surface area contributed by atoms with E-state index in [0.717, 1.165) is 8.95 Å². The highest BCUT2D eigenvalue weighted by molar-refractivity contribution is 9.13. The van der Waals surface area contributed by atoms with Crippen LogP contribution in [0.15, 0.2) is 69.6 Å². The predicted molar refractivity (Wildman–Crippen MR) is 91.7 cm³/mol. The van der Waals surface area contributed by atoms with Gasteiger partial charge < -0.3 is 4.57 Å². The third-order valence-electron chi connectivity index (χ3n) is 3.37. The molecular formula is C17H13Br2N. The first kappa shape index (κ1) is 13.7. The molecule has 0 amide bonds. The van der Waals surface area contributed by atoms with Gasteiger partial charge in [0.05, 0.1) is 20.3 Å². The van der Waals surface area contributed by atoms with Gasteiger partial charge in [0.1, 0.15) is 0 Å². The molecular weight excluding hydrogens is 378 g/mol. The molecule has 0 aliphatic rings. The van der Waals surface area contributed by atoms with E-state index in [9.17, 15) is 0 Å². The second-order valence-corrected chi connectivity index (χ2v) is 6.20. The van der Waals surface area contributed by atoms with E-state index < -0.39 is 0 Å². The lowest BCUT2D eigenvalue weighted by Crippen LogP contribution is -1.94. The minimum absolute atomic E-state index is 1.09. The maximum absolute atomic E-state index is 3.72. The van der Waals surface area contributed by atoms with Crippen LogP contribution in [0.3, 0.4) is 0 Å². The number of halogens is 2. The standard InChI is InChI=1S/C17H13Br2N/c1-20-16(12-8-4-2-5-9-12)14(18)15(19)17(20)13-10-6-3-7-11-13/h2-11H,1H3. The number of rotatable bonds is 2. The van der Waals surface area contributed by atoms with E-state index in [1.165, 1.54) is 22.5 Å². The van der Waals surface area contributed by atoms with Crippen molar-refractivity contribution in [1.29, 1.82) is 0 Å². The summed E-state index contributed by atoms with van der Waals surface area (Å²) >= 11 is 7.44. The molecule has 0 N–H and O–H groups in total. The van der Waals surface area contributed by atoms with Crippen molar-refractivity contribution in [3.05, 3.63) is 69.6 Å². The van der Waals surface area contributed by atoms with Crippen LogP contribution in [0, 0.1) is 0 Å². The molecule has 3 rings (SSSR count). The summed E-state index contributed by atoms with van der Waals surface area (Å²) in [5.41, 5.74) is 4.75. The van der Waals surface area contributed by atoms with Gasteiger partial charge in [0.15, 0.2) is 0 Å². The van der Waals surface area contributed by atoms with E-state index in [1.807, 2.05) is 12.1 Å². The van der Waals surface area contributed by atoms with Gasteiger partial charge in [-0.3, -0.25) is 0 Å². The largest absolute Gasteiger partial charge is 0.342 e. The SMILES string of the molecule is Cn1c(-c2ccccc2)c(Br)c(Br)c1-c1ccccc1. The zero-order valence-corrected chi connectivity index (χ0v) is 14.1. The highest BCUT2D eigenvalue weighted by Gasteiger charge is 2.19. The number of hydrogen-bond donors (Lipinski definition) is 0. The first-order valence-corrected chi connectivity index (χ1v) is 7.93. The highest BCUT2D eigenvalue weighted by atomic mass is 79.9. The van der Waals surface area contributed by atoms with Gasteiger partial charge in [0, 0.05) is 7.05 Å². The minimum Gasteiger partial charge on any atom is -0.342 e. The smallest absolute Gasteiger partial charge is 0.0638 e. The average Bonchev–Trinajstić information content (AvgIpc) is 2.71. The second-order valence-electron chi connectivity index (χ2n) is 4.62. The molecule has 0 saturated carbocycles. The van der Waals surface area contributed by atoms with Gasteiger partial charge in [-0.15, -0.1) is 0 Å². The fourth-order valence-electron chi connectivity index (χ4n) is 2.45. The van der Waals surface area contributed by atoms with Crippen LogP contribution in [-0.4, -0.2) is 4.57 Å². The third kappa shape index (κ3) is 2.25. The normalized spacial score (nSPS) is 10.8. The Hall–Kier alpha value is -1.32. The Morgan fingerprint density at radius 3 is 1.35 bits per heavy atom. The summed E-state index contributed by atoms with van der Waals surface area (Å²) in [5, 5.41) is 0. The number of hydrogen-bond acceptors (Lipinski definition) is 0. The van der Waals surface area contributed by atoms with Crippen LogP contribution in [0.25, 0.3) is 22.5 Å². The monoisotopic (exact) mass is 389 g/mol. The summed E-state index contributed by atoms with van der Waals surface area (Å²) in [6.45, 7) is 0. The first-order valence-electron chi connectivity index (χ1n) is 6.34. The lowest BCUT2D eigenvalue weighted by molar-refractivity contribution is 0.943. The van der Waals surface area contributed by atoms with Gasteiger partial charge >= 0.3 is 0 Å². The van der Waals surface area contributed by atoms with E-state index in [2.05, 4.69) is 92.0 Å². The lowest BCUT2D eigenvalue weighted by Gasteiger charge is -2.08. The van der Waals surface area contributed by atoms with Gasteiger partial charge in [0.2, 0.25) is 0 Å². The summed E-state index contributed by atoms with van der Waals surface area (Å²) in [4.78, 5) is 0. The summed E-state index contributed by atoms with van der Waals surface area (Å²) in [6.07, 6.45) is 0. The summed E-state index contributed by atoms with van der Waals surface area (Å²) in [5.74, 6) is 0. The van der Waals surface area contributed by atoms with Crippen LogP contribution in [0.2, 0.25) is 0 Å². The van der Waals surface area contributed by atoms with Crippen molar-refractivity contribution in [2.24, 2.45) is 7.05 Å². The fourth-order valence-corrected chi connectivity index (χ4v) is 3.81. The second kappa shape index (κ2) is 5.58. The Morgan fingerprint density at radius 1 is 0.650 bits per heavy atom. The van der Waals surface area contributed by atoms with Gasteiger partial charge in [-0.1, -0.05) is 60.7 Å². The van der Waals surface area contributed by atoms with Gasteiger partial charge in [-0.2, -0.15) is 0 Å². The molecule has 20 heavy (non-hydrogen) atoms. The minimum atomic E-state index is 1.09. The van der Waals surface area contributed by atoms with Crippen molar-refractivity contribution in [2.75, 3.05) is 0 Å². The zero-order chi connectivity index (χ0) is 14.1. The Morgan fingerprint density at radius 2 is 1.00 bits per heavy atom. The molecule has 0 fully saturated rings. The Kier molecular flexibility index (Phi) is 3.81. The van der Waals surface area contributed by atoms with Crippen LogP contribution in [-0.2, 0) is 7.05 Å².